The van der Waals surface area contributed by atoms with Crippen molar-refractivity contribution in [3.05, 3.63) is 0 Å². The van der Waals surface area contributed by atoms with E-state index in [1.54, 1.807) is 0 Å². The molecule has 0 bridgehead atoms. The van der Waals surface area contributed by atoms with Crippen LogP contribution in [0.25, 0.3) is 0 Å². The quantitative estimate of drug-likeness (QED) is 0.639. The normalized spacial score (nSPS) is 18.2. The van der Waals surface area contributed by atoms with Gasteiger partial charge < -0.3 is 15.0 Å². The lowest BCUT2D eigenvalue weighted by Crippen LogP contribution is -2.34. The fourth-order valence-electron chi connectivity index (χ4n) is 1.98. The van der Waals surface area contributed by atoms with Gasteiger partial charge in [0.2, 0.25) is 0 Å². The number of ether oxygens (including phenoxy) is 1. The topological polar surface area (TPSA) is 24.5 Å². The minimum atomic E-state index is 0.848. The van der Waals surface area contributed by atoms with Gasteiger partial charge in [0.15, 0.2) is 0 Å². The minimum Gasteiger partial charge on any atom is -0.382 e. The van der Waals surface area contributed by atoms with Crippen LogP contribution in [0.5, 0.6) is 0 Å². The molecule has 1 N–H and O–H groups in total. The van der Waals surface area contributed by atoms with Gasteiger partial charge in [-0.25, -0.2) is 0 Å². The first-order valence-corrected chi connectivity index (χ1v) is 8.17. The molecular weight excluding hydrogens is 232 g/mol. The Kier molecular flexibility index (Phi) is 10.2. The number of hydrogen-bond donors (Lipinski definition) is 1. The van der Waals surface area contributed by atoms with Crippen LogP contribution >= 0.6 is 11.8 Å². The van der Waals surface area contributed by atoms with Crippen molar-refractivity contribution in [3.8, 4) is 0 Å². The summed E-state index contributed by atoms with van der Waals surface area (Å²) >= 11 is 2.10. The molecule has 4 heteroatoms. The predicted molar refractivity (Wildman–Crippen MR) is 77.0 cm³/mol. The highest BCUT2D eigenvalue weighted by atomic mass is 32.2. The van der Waals surface area contributed by atoms with Crippen molar-refractivity contribution in [3.63, 3.8) is 0 Å². The SMILES string of the molecule is CCOCCCCNCCN1CCCSCC1. The van der Waals surface area contributed by atoms with Gasteiger partial charge in [-0.1, -0.05) is 0 Å². The van der Waals surface area contributed by atoms with E-state index in [0.717, 1.165) is 26.3 Å². The molecule has 0 aromatic carbocycles. The monoisotopic (exact) mass is 260 g/mol. The second-order valence-corrected chi connectivity index (χ2v) is 5.69. The molecule has 0 aromatic rings. The molecule has 0 aliphatic carbocycles. The average molecular weight is 260 g/mol. The number of unbranched alkanes of at least 4 members (excludes halogenated alkanes) is 1. The van der Waals surface area contributed by atoms with Crippen molar-refractivity contribution >= 4 is 11.8 Å². The first-order valence-electron chi connectivity index (χ1n) is 7.02. The zero-order valence-corrected chi connectivity index (χ0v) is 12.1. The Hall–Kier alpha value is 0.230. The maximum atomic E-state index is 5.31. The summed E-state index contributed by atoms with van der Waals surface area (Å²) in [7, 11) is 0. The third kappa shape index (κ3) is 8.89. The lowest BCUT2D eigenvalue weighted by Gasteiger charge is -2.19. The Bertz CT molecular complexity index is 161. The number of nitrogens with one attached hydrogen (secondary N) is 1. The van der Waals surface area contributed by atoms with E-state index in [2.05, 4.69) is 28.9 Å². The van der Waals surface area contributed by atoms with Gasteiger partial charge in [0.1, 0.15) is 0 Å². The van der Waals surface area contributed by atoms with Crippen LogP contribution in [0.15, 0.2) is 0 Å². The Labute approximate surface area is 111 Å². The van der Waals surface area contributed by atoms with Crippen molar-refractivity contribution in [2.24, 2.45) is 0 Å². The molecule has 0 atom stereocenters. The molecule has 0 unspecified atom stereocenters. The number of nitrogens with zero attached hydrogens (tertiary/aromatic N) is 1. The van der Waals surface area contributed by atoms with E-state index < -0.39 is 0 Å². The van der Waals surface area contributed by atoms with Crippen LogP contribution in [0.3, 0.4) is 0 Å². The van der Waals surface area contributed by atoms with E-state index in [1.165, 1.54) is 50.4 Å². The maximum Gasteiger partial charge on any atom is 0.0466 e. The van der Waals surface area contributed by atoms with E-state index >= 15 is 0 Å². The third-order valence-corrected chi connectivity index (χ3v) is 4.06. The molecule has 3 nitrogen and oxygen atoms in total. The van der Waals surface area contributed by atoms with E-state index in [1.807, 2.05) is 0 Å². The Morgan fingerprint density at radius 2 is 2.12 bits per heavy atom. The summed E-state index contributed by atoms with van der Waals surface area (Å²) < 4.78 is 5.31. The maximum absolute atomic E-state index is 5.31. The lowest BCUT2D eigenvalue weighted by atomic mass is 10.3. The summed E-state index contributed by atoms with van der Waals surface area (Å²) in [6, 6.07) is 0. The zero-order chi connectivity index (χ0) is 12.2. The summed E-state index contributed by atoms with van der Waals surface area (Å²) in [4.78, 5) is 2.59. The van der Waals surface area contributed by atoms with E-state index in [4.69, 9.17) is 4.74 Å². The van der Waals surface area contributed by atoms with Gasteiger partial charge in [-0.15, -0.1) is 0 Å². The molecule has 0 aromatic heterocycles. The Morgan fingerprint density at radius 3 is 3.00 bits per heavy atom. The minimum absolute atomic E-state index is 0.848. The lowest BCUT2D eigenvalue weighted by molar-refractivity contribution is 0.143. The third-order valence-electron chi connectivity index (χ3n) is 3.02. The van der Waals surface area contributed by atoms with Crippen LogP contribution in [-0.4, -0.2) is 62.3 Å². The van der Waals surface area contributed by atoms with Gasteiger partial charge in [0, 0.05) is 38.6 Å². The van der Waals surface area contributed by atoms with Crippen molar-refractivity contribution in [1.29, 1.82) is 0 Å². The summed E-state index contributed by atoms with van der Waals surface area (Å²) in [6.45, 7) is 9.87. The van der Waals surface area contributed by atoms with Gasteiger partial charge in [-0.3, -0.25) is 0 Å². The summed E-state index contributed by atoms with van der Waals surface area (Å²) in [5, 5.41) is 3.53. The highest BCUT2D eigenvalue weighted by molar-refractivity contribution is 7.99. The van der Waals surface area contributed by atoms with Crippen LogP contribution in [0, 0.1) is 0 Å². The van der Waals surface area contributed by atoms with Gasteiger partial charge in [-0.05, 0) is 45.0 Å². The fraction of sp³-hybridized carbons (Fsp3) is 1.00. The summed E-state index contributed by atoms with van der Waals surface area (Å²) in [5.41, 5.74) is 0. The molecule has 1 saturated heterocycles. The first kappa shape index (κ1) is 15.3. The van der Waals surface area contributed by atoms with Crippen LogP contribution in [0.4, 0.5) is 0 Å². The number of hydrogen-bond acceptors (Lipinski definition) is 4. The second kappa shape index (κ2) is 11.3. The van der Waals surface area contributed by atoms with E-state index in [9.17, 15) is 0 Å². The van der Waals surface area contributed by atoms with E-state index in [-0.39, 0.29) is 0 Å². The summed E-state index contributed by atoms with van der Waals surface area (Å²) in [5.74, 6) is 2.66. The standard InChI is InChI=1S/C13H28N2OS/c1-2-16-11-4-3-6-14-7-9-15-8-5-12-17-13-10-15/h14H,2-13H2,1H3. The van der Waals surface area contributed by atoms with Crippen molar-refractivity contribution in [1.82, 2.24) is 10.2 Å². The first-order chi connectivity index (χ1) is 8.43. The fourth-order valence-corrected chi connectivity index (χ4v) is 2.91. The van der Waals surface area contributed by atoms with Gasteiger partial charge in [-0.2, -0.15) is 11.8 Å². The molecule has 1 rings (SSSR count). The molecule has 1 aliphatic heterocycles. The van der Waals surface area contributed by atoms with Crippen LogP contribution in [0.2, 0.25) is 0 Å². The van der Waals surface area contributed by atoms with Crippen molar-refractivity contribution in [2.75, 3.05) is 57.4 Å². The van der Waals surface area contributed by atoms with E-state index in [0.29, 0.717) is 0 Å². The molecule has 102 valence electrons. The predicted octanol–water partition coefficient (Wildman–Crippen LogP) is 1.83. The summed E-state index contributed by atoms with van der Waals surface area (Å²) in [6.07, 6.45) is 3.77. The molecule has 0 amide bonds. The van der Waals surface area contributed by atoms with Crippen LogP contribution in [-0.2, 0) is 4.74 Å². The van der Waals surface area contributed by atoms with Gasteiger partial charge >= 0.3 is 0 Å². The largest absolute Gasteiger partial charge is 0.382 e. The molecule has 0 saturated carbocycles. The average Bonchev–Trinajstić information content (AvgIpc) is 2.61. The Balaban J connectivity index is 1.82. The van der Waals surface area contributed by atoms with Crippen LogP contribution < -0.4 is 5.32 Å². The number of rotatable bonds is 9. The smallest absolute Gasteiger partial charge is 0.0466 e. The number of thioether (sulfide) groups is 1. The molecule has 0 spiro atoms. The van der Waals surface area contributed by atoms with Gasteiger partial charge in [0.25, 0.3) is 0 Å². The van der Waals surface area contributed by atoms with Crippen LogP contribution in [0.1, 0.15) is 26.2 Å². The highest BCUT2D eigenvalue weighted by Crippen LogP contribution is 2.08. The molecule has 1 heterocycles. The molecule has 1 fully saturated rings. The van der Waals surface area contributed by atoms with Crippen molar-refractivity contribution < 1.29 is 4.74 Å². The molecule has 17 heavy (non-hydrogen) atoms. The van der Waals surface area contributed by atoms with Crippen molar-refractivity contribution in [2.45, 2.75) is 26.2 Å². The molecular formula is C13H28N2OS. The second-order valence-electron chi connectivity index (χ2n) is 4.46. The zero-order valence-electron chi connectivity index (χ0n) is 11.2. The molecule has 1 aliphatic rings. The molecule has 0 radical (unpaired) electrons. The highest BCUT2D eigenvalue weighted by Gasteiger charge is 2.07. The van der Waals surface area contributed by atoms with Gasteiger partial charge in [0.05, 0.1) is 0 Å². The Morgan fingerprint density at radius 1 is 1.18 bits per heavy atom.